The molecule has 0 aliphatic heterocycles. The average Bonchev–Trinajstić information content (AvgIpc) is 3.12. The lowest BCUT2D eigenvalue weighted by atomic mass is 10.0. The molecular formula is C23H40O3. The van der Waals surface area contributed by atoms with Crippen molar-refractivity contribution in [3.8, 4) is 5.95 Å². The van der Waals surface area contributed by atoms with Gasteiger partial charge >= 0.3 is 0 Å². The van der Waals surface area contributed by atoms with E-state index in [9.17, 15) is 4.79 Å². The van der Waals surface area contributed by atoms with E-state index in [4.69, 9.17) is 9.15 Å². The van der Waals surface area contributed by atoms with Gasteiger partial charge in [-0.25, -0.2) is 0 Å². The maximum absolute atomic E-state index is 10.5. The molecule has 3 heteroatoms. The predicted octanol–water partition coefficient (Wildman–Crippen LogP) is 7.73. The molecule has 0 amide bonds. The van der Waals surface area contributed by atoms with E-state index in [0.717, 1.165) is 6.42 Å². The van der Waals surface area contributed by atoms with Crippen LogP contribution in [0.3, 0.4) is 0 Å². The van der Waals surface area contributed by atoms with Crippen LogP contribution in [-0.2, 0) is 0 Å². The van der Waals surface area contributed by atoms with Crippen LogP contribution in [0.1, 0.15) is 120 Å². The van der Waals surface area contributed by atoms with Crippen molar-refractivity contribution in [2.75, 3.05) is 6.61 Å². The maximum Gasteiger partial charge on any atom is 0.284 e. The van der Waals surface area contributed by atoms with Crippen LogP contribution in [0.25, 0.3) is 0 Å². The fraction of sp³-hybridized carbons (Fsp3) is 0.783. The van der Waals surface area contributed by atoms with E-state index in [1.807, 2.05) is 0 Å². The zero-order chi connectivity index (χ0) is 18.7. The largest absolute Gasteiger partial charge is 0.465 e. The Balaban J connectivity index is 1.72. The molecule has 1 rings (SSSR count). The lowest BCUT2D eigenvalue weighted by Gasteiger charge is -2.04. The van der Waals surface area contributed by atoms with Crippen LogP contribution in [0.5, 0.6) is 5.95 Å². The zero-order valence-corrected chi connectivity index (χ0v) is 17.0. The van der Waals surface area contributed by atoms with E-state index in [1.165, 1.54) is 96.3 Å². The van der Waals surface area contributed by atoms with Crippen molar-refractivity contribution >= 4 is 6.29 Å². The van der Waals surface area contributed by atoms with E-state index in [1.54, 1.807) is 12.1 Å². The summed E-state index contributed by atoms with van der Waals surface area (Å²) in [6, 6.07) is 3.34. The van der Waals surface area contributed by atoms with Gasteiger partial charge in [0.15, 0.2) is 12.0 Å². The first kappa shape index (κ1) is 22.8. The fourth-order valence-corrected chi connectivity index (χ4v) is 3.30. The van der Waals surface area contributed by atoms with Crippen molar-refractivity contribution in [2.45, 2.75) is 110 Å². The molecule has 0 spiro atoms. The SMILES string of the molecule is CCCCCCCCCCCCCCCCCCOc1ccc(C=O)o1. The molecule has 3 nitrogen and oxygen atoms in total. The molecule has 0 radical (unpaired) electrons. The summed E-state index contributed by atoms with van der Waals surface area (Å²) in [5.74, 6) is 0.778. The molecule has 0 atom stereocenters. The van der Waals surface area contributed by atoms with Gasteiger partial charge in [-0.3, -0.25) is 4.79 Å². The highest BCUT2D eigenvalue weighted by atomic mass is 16.6. The fourth-order valence-electron chi connectivity index (χ4n) is 3.30. The van der Waals surface area contributed by atoms with E-state index >= 15 is 0 Å². The van der Waals surface area contributed by atoms with Crippen LogP contribution in [0.4, 0.5) is 0 Å². The number of carbonyl (C=O) groups excluding carboxylic acids is 1. The maximum atomic E-state index is 10.5. The van der Waals surface area contributed by atoms with Gasteiger partial charge in [0, 0.05) is 6.07 Å². The predicted molar refractivity (Wildman–Crippen MR) is 109 cm³/mol. The number of hydrogen-bond acceptors (Lipinski definition) is 3. The Morgan fingerprint density at radius 1 is 0.731 bits per heavy atom. The van der Waals surface area contributed by atoms with Gasteiger partial charge in [-0.05, 0) is 12.5 Å². The highest BCUT2D eigenvalue weighted by Gasteiger charge is 2.01. The third-order valence-corrected chi connectivity index (χ3v) is 4.96. The standard InChI is InChI=1S/C23H40O3/c1-2-3-4-5-6-7-8-9-10-11-12-13-14-15-16-17-20-25-23-19-18-22(21-24)26-23/h18-19,21H,2-17,20H2,1H3. The van der Waals surface area contributed by atoms with Crippen LogP contribution < -0.4 is 4.74 Å². The van der Waals surface area contributed by atoms with Crippen molar-refractivity contribution in [3.63, 3.8) is 0 Å². The monoisotopic (exact) mass is 364 g/mol. The molecule has 0 bridgehead atoms. The van der Waals surface area contributed by atoms with Crippen molar-refractivity contribution in [2.24, 2.45) is 0 Å². The van der Waals surface area contributed by atoms with Crippen LogP contribution in [0, 0.1) is 0 Å². The van der Waals surface area contributed by atoms with E-state index < -0.39 is 0 Å². The molecule has 0 aromatic carbocycles. The highest BCUT2D eigenvalue weighted by Crippen LogP contribution is 2.16. The third-order valence-electron chi connectivity index (χ3n) is 4.96. The second kappa shape index (κ2) is 17.2. The van der Waals surface area contributed by atoms with E-state index in [0.29, 0.717) is 24.6 Å². The molecule has 0 fully saturated rings. The first-order chi connectivity index (χ1) is 12.9. The number of furan rings is 1. The third kappa shape index (κ3) is 13.0. The Hall–Kier alpha value is -1.25. The minimum absolute atomic E-state index is 0.326. The molecular weight excluding hydrogens is 324 g/mol. The molecule has 0 aliphatic rings. The lowest BCUT2D eigenvalue weighted by molar-refractivity contribution is 0.109. The van der Waals surface area contributed by atoms with Gasteiger partial charge in [-0.1, -0.05) is 103 Å². The lowest BCUT2D eigenvalue weighted by Crippen LogP contribution is -1.96. The molecule has 1 heterocycles. The van der Waals surface area contributed by atoms with Crippen LogP contribution in [0.15, 0.2) is 16.5 Å². The highest BCUT2D eigenvalue weighted by molar-refractivity contribution is 5.70. The van der Waals surface area contributed by atoms with Gasteiger partial charge in [0.25, 0.3) is 5.95 Å². The molecule has 1 aromatic heterocycles. The van der Waals surface area contributed by atoms with Crippen LogP contribution >= 0.6 is 0 Å². The Morgan fingerprint density at radius 2 is 1.19 bits per heavy atom. The van der Waals surface area contributed by atoms with Crippen molar-refractivity contribution in [1.29, 1.82) is 0 Å². The van der Waals surface area contributed by atoms with Gasteiger partial charge in [0.2, 0.25) is 0 Å². The Bertz CT molecular complexity index is 425. The summed E-state index contributed by atoms with van der Waals surface area (Å²) in [5, 5.41) is 0. The first-order valence-electron chi connectivity index (χ1n) is 11.0. The summed E-state index contributed by atoms with van der Waals surface area (Å²) in [7, 11) is 0. The van der Waals surface area contributed by atoms with Gasteiger partial charge in [-0.15, -0.1) is 0 Å². The first-order valence-corrected chi connectivity index (χ1v) is 11.0. The van der Waals surface area contributed by atoms with Crippen molar-refractivity contribution in [3.05, 3.63) is 17.9 Å². The normalized spacial score (nSPS) is 11.0. The minimum atomic E-state index is 0.326. The van der Waals surface area contributed by atoms with Crippen LogP contribution in [0.2, 0.25) is 0 Å². The molecule has 0 aliphatic carbocycles. The van der Waals surface area contributed by atoms with Gasteiger partial charge < -0.3 is 9.15 Å². The van der Waals surface area contributed by atoms with Crippen molar-refractivity contribution < 1.29 is 13.9 Å². The average molecular weight is 365 g/mol. The summed E-state index contributed by atoms with van der Waals surface area (Å²) >= 11 is 0. The van der Waals surface area contributed by atoms with Gasteiger partial charge in [0.05, 0.1) is 6.61 Å². The second-order valence-electron chi connectivity index (χ2n) is 7.43. The number of carbonyl (C=O) groups is 1. The smallest absolute Gasteiger partial charge is 0.284 e. The molecule has 0 N–H and O–H groups in total. The number of hydrogen-bond donors (Lipinski definition) is 0. The number of unbranched alkanes of at least 4 members (excludes halogenated alkanes) is 15. The molecule has 0 saturated heterocycles. The molecule has 26 heavy (non-hydrogen) atoms. The van der Waals surface area contributed by atoms with Gasteiger partial charge in [0.1, 0.15) is 0 Å². The van der Waals surface area contributed by atoms with Crippen LogP contribution in [-0.4, -0.2) is 12.9 Å². The number of rotatable bonds is 19. The number of aldehydes is 1. The molecule has 0 saturated carbocycles. The minimum Gasteiger partial charge on any atom is -0.465 e. The molecule has 1 aromatic rings. The van der Waals surface area contributed by atoms with Crippen molar-refractivity contribution in [1.82, 2.24) is 0 Å². The summed E-state index contributed by atoms with van der Waals surface area (Å²) in [4.78, 5) is 10.5. The molecule has 0 unspecified atom stereocenters. The van der Waals surface area contributed by atoms with E-state index in [-0.39, 0.29) is 0 Å². The topological polar surface area (TPSA) is 39.4 Å². The Morgan fingerprint density at radius 3 is 1.62 bits per heavy atom. The summed E-state index contributed by atoms with van der Waals surface area (Å²) in [6.07, 6.45) is 22.6. The van der Waals surface area contributed by atoms with Gasteiger partial charge in [-0.2, -0.15) is 0 Å². The second-order valence-corrected chi connectivity index (χ2v) is 7.43. The molecule has 150 valence electrons. The summed E-state index contributed by atoms with van der Waals surface area (Å²) < 4.78 is 10.7. The Labute approximate surface area is 160 Å². The Kier molecular flexibility index (Phi) is 15.1. The quantitative estimate of drug-likeness (QED) is 0.186. The number of ether oxygens (including phenoxy) is 1. The summed E-state index contributed by atoms with van der Waals surface area (Å²) in [5.41, 5.74) is 0. The van der Waals surface area contributed by atoms with E-state index in [2.05, 4.69) is 6.92 Å². The summed E-state index contributed by atoms with van der Waals surface area (Å²) in [6.45, 7) is 2.95. The zero-order valence-electron chi connectivity index (χ0n) is 17.0.